The summed E-state index contributed by atoms with van der Waals surface area (Å²) in [5.74, 6) is 1.48. The molecule has 0 spiro atoms. The molecule has 18 heavy (non-hydrogen) atoms. The molecule has 0 bridgehead atoms. The zero-order valence-electron chi connectivity index (χ0n) is 10.9. The van der Waals surface area contributed by atoms with Crippen molar-refractivity contribution in [1.82, 2.24) is 10.3 Å². The number of hydrogen-bond donors (Lipinski definition) is 1. The van der Waals surface area contributed by atoms with Crippen LogP contribution in [0.15, 0.2) is 18.3 Å². The summed E-state index contributed by atoms with van der Waals surface area (Å²) in [6.45, 7) is 1.87. The predicted molar refractivity (Wildman–Crippen MR) is 74.1 cm³/mol. The lowest BCUT2D eigenvalue weighted by Gasteiger charge is -2.25. The number of nitrogens with zero attached hydrogens (tertiary/aromatic N) is 1. The molecular formula is C14H21ClN2O. The lowest BCUT2D eigenvalue weighted by atomic mass is 9.89. The minimum absolute atomic E-state index is 0.402. The number of pyridine rings is 1. The lowest BCUT2D eigenvalue weighted by Crippen LogP contribution is -2.26. The molecule has 4 heteroatoms. The summed E-state index contributed by atoms with van der Waals surface area (Å²) in [6, 6.07) is 3.99. The molecule has 1 aliphatic carbocycles. The Morgan fingerprint density at radius 1 is 1.39 bits per heavy atom. The van der Waals surface area contributed by atoms with Crippen molar-refractivity contribution in [1.29, 1.82) is 0 Å². The molecule has 3 nitrogen and oxygen atoms in total. The first kappa shape index (κ1) is 13.6. The number of aromatic nitrogens is 1. The monoisotopic (exact) mass is 268 g/mol. The molecule has 0 saturated heterocycles. The van der Waals surface area contributed by atoms with Gasteiger partial charge in [-0.1, -0.05) is 6.07 Å². The first-order valence-electron chi connectivity index (χ1n) is 6.62. The maximum atomic E-state index is 6.11. The normalized spacial score (nSPS) is 23.9. The SMILES string of the molecule is COc1ncccc1CNCC1CCC(Cl)CC1. The highest BCUT2D eigenvalue weighted by atomic mass is 35.5. The first-order chi connectivity index (χ1) is 8.79. The van der Waals surface area contributed by atoms with E-state index in [1.54, 1.807) is 13.3 Å². The predicted octanol–water partition coefficient (Wildman–Crippen LogP) is 2.98. The number of nitrogens with one attached hydrogen (secondary N) is 1. The summed E-state index contributed by atoms with van der Waals surface area (Å²) in [5, 5.41) is 3.90. The fraction of sp³-hybridized carbons (Fsp3) is 0.643. The number of hydrogen-bond acceptors (Lipinski definition) is 3. The van der Waals surface area contributed by atoms with Crippen molar-refractivity contribution in [2.75, 3.05) is 13.7 Å². The van der Waals surface area contributed by atoms with Crippen LogP contribution in [0.3, 0.4) is 0 Å². The molecule has 0 unspecified atom stereocenters. The molecule has 1 fully saturated rings. The quantitative estimate of drug-likeness (QED) is 0.834. The molecule has 100 valence electrons. The van der Waals surface area contributed by atoms with Gasteiger partial charge in [-0.2, -0.15) is 0 Å². The third-order valence-corrected chi connectivity index (χ3v) is 4.00. The molecule has 0 aliphatic heterocycles. The summed E-state index contributed by atoms with van der Waals surface area (Å²) >= 11 is 6.11. The fourth-order valence-electron chi connectivity index (χ4n) is 2.48. The van der Waals surface area contributed by atoms with E-state index in [9.17, 15) is 0 Å². The van der Waals surface area contributed by atoms with Crippen molar-refractivity contribution >= 4 is 11.6 Å². The Kier molecular flexibility index (Phi) is 5.26. The summed E-state index contributed by atoms with van der Waals surface area (Å²) < 4.78 is 5.23. The van der Waals surface area contributed by atoms with E-state index in [0.29, 0.717) is 5.38 Å². The van der Waals surface area contributed by atoms with E-state index < -0.39 is 0 Å². The average Bonchev–Trinajstić information content (AvgIpc) is 2.41. The van der Waals surface area contributed by atoms with Gasteiger partial charge in [-0.05, 0) is 44.2 Å². The van der Waals surface area contributed by atoms with Gasteiger partial charge in [0.25, 0.3) is 0 Å². The molecular weight excluding hydrogens is 248 g/mol. The highest BCUT2D eigenvalue weighted by Gasteiger charge is 2.18. The second-order valence-corrected chi connectivity index (χ2v) is 5.54. The van der Waals surface area contributed by atoms with Crippen LogP contribution in [0.2, 0.25) is 0 Å². The smallest absolute Gasteiger partial charge is 0.217 e. The topological polar surface area (TPSA) is 34.1 Å². The van der Waals surface area contributed by atoms with Gasteiger partial charge in [0.05, 0.1) is 7.11 Å². The number of alkyl halides is 1. The largest absolute Gasteiger partial charge is 0.481 e. The zero-order valence-corrected chi connectivity index (χ0v) is 11.6. The van der Waals surface area contributed by atoms with Gasteiger partial charge >= 0.3 is 0 Å². The fourth-order valence-corrected chi connectivity index (χ4v) is 2.73. The van der Waals surface area contributed by atoms with Crippen LogP contribution in [0.5, 0.6) is 5.88 Å². The van der Waals surface area contributed by atoms with Crippen molar-refractivity contribution in [3.63, 3.8) is 0 Å². The first-order valence-corrected chi connectivity index (χ1v) is 7.06. The molecule has 1 aromatic heterocycles. The van der Waals surface area contributed by atoms with E-state index in [1.165, 1.54) is 12.8 Å². The van der Waals surface area contributed by atoms with Gasteiger partial charge in [0.1, 0.15) is 0 Å². The van der Waals surface area contributed by atoms with Crippen LogP contribution in [0.1, 0.15) is 31.2 Å². The lowest BCUT2D eigenvalue weighted by molar-refractivity contribution is 0.343. The van der Waals surface area contributed by atoms with E-state index >= 15 is 0 Å². The standard InChI is InChI=1S/C14H21ClN2O/c1-18-14-12(3-2-8-17-14)10-16-9-11-4-6-13(15)7-5-11/h2-3,8,11,13,16H,4-7,9-10H2,1H3. The molecule has 2 rings (SSSR count). The number of methoxy groups -OCH3 is 1. The highest BCUT2D eigenvalue weighted by molar-refractivity contribution is 6.20. The molecule has 0 aromatic carbocycles. The van der Waals surface area contributed by atoms with Crippen LogP contribution < -0.4 is 10.1 Å². The summed E-state index contributed by atoms with van der Waals surface area (Å²) in [5.41, 5.74) is 1.12. The van der Waals surface area contributed by atoms with Crippen LogP contribution in [0, 0.1) is 5.92 Å². The summed E-state index contributed by atoms with van der Waals surface area (Å²) in [7, 11) is 1.66. The van der Waals surface area contributed by atoms with Crippen LogP contribution >= 0.6 is 11.6 Å². The van der Waals surface area contributed by atoms with Crippen LogP contribution in [0.4, 0.5) is 0 Å². The van der Waals surface area contributed by atoms with Crippen LogP contribution in [-0.2, 0) is 6.54 Å². The molecule has 1 aromatic rings. The summed E-state index contributed by atoms with van der Waals surface area (Å²) in [4.78, 5) is 4.19. The van der Waals surface area contributed by atoms with E-state index in [1.807, 2.05) is 6.07 Å². The molecule has 1 N–H and O–H groups in total. The second-order valence-electron chi connectivity index (χ2n) is 4.92. The average molecular weight is 269 g/mol. The van der Waals surface area contributed by atoms with Gasteiger partial charge in [0.2, 0.25) is 5.88 Å². The molecule has 0 amide bonds. The number of rotatable bonds is 5. The Balaban J connectivity index is 1.75. The van der Waals surface area contributed by atoms with E-state index in [2.05, 4.69) is 16.4 Å². The Bertz CT molecular complexity index is 365. The van der Waals surface area contributed by atoms with Gasteiger partial charge < -0.3 is 10.1 Å². The molecule has 1 saturated carbocycles. The van der Waals surface area contributed by atoms with Gasteiger partial charge in [0, 0.05) is 23.7 Å². The maximum Gasteiger partial charge on any atom is 0.217 e. The third-order valence-electron chi connectivity index (χ3n) is 3.57. The molecule has 0 atom stereocenters. The highest BCUT2D eigenvalue weighted by Crippen LogP contribution is 2.27. The molecule has 1 aliphatic rings. The van der Waals surface area contributed by atoms with Crippen molar-refractivity contribution in [3.05, 3.63) is 23.9 Å². The van der Waals surface area contributed by atoms with Crippen molar-refractivity contribution in [2.24, 2.45) is 5.92 Å². The summed E-state index contributed by atoms with van der Waals surface area (Å²) in [6.07, 6.45) is 6.55. The van der Waals surface area contributed by atoms with Crippen molar-refractivity contribution in [3.8, 4) is 5.88 Å². The van der Waals surface area contributed by atoms with E-state index in [4.69, 9.17) is 16.3 Å². The van der Waals surface area contributed by atoms with E-state index in [0.717, 1.165) is 43.3 Å². The minimum Gasteiger partial charge on any atom is -0.481 e. The minimum atomic E-state index is 0.402. The number of halogens is 1. The van der Waals surface area contributed by atoms with Crippen LogP contribution in [0.25, 0.3) is 0 Å². The van der Waals surface area contributed by atoms with Gasteiger partial charge in [-0.25, -0.2) is 4.98 Å². The second kappa shape index (κ2) is 6.95. The van der Waals surface area contributed by atoms with Gasteiger partial charge in [-0.15, -0.1) is 11.6 Å². The Labute approximate surface area is 114 Å². The molecule has 0 radical (unpaired) electrons. The van der Waals surface area contributed by atoms with Crippen molar-refractivity contribution in [2.45, 2.75) is 37.6 Å². The third kappa shape index (κ3) is 3.85. The Morgan fingerprint density at radius 3 is 2.89 bits per heavy atom. The Morgan fingerprint density at radius 2 is 2.17 bits per heavy atom. The van der Waals surface area contributed by atoms with Gasteiger partial charge in [0.15, 0.2) is 0 Å². The number of ether oxygens (including phenoxy) is 1. The Hall–Kier alpha value is -0.800. The zero-order chi connectivity index (χ0) is 12.8. The van der Waals surface area contributed by atoms with Crippen molar-refractivity contribution < 1.29 is 4.74 Å². The van der Waals surface area contributed by atoms with E-state index in [-0.39, 0.29) is 0 Å². The van der Waals surface area contributed by atoms with Crippen LogP contribution in [-0.4, -0.2) is 24.0 Å². The van der Waals surface area contributed by atoms with Gasteiger partial charge in [-0.3, -0.25) is 0 Å². The molecule has 1 heterocycles. The maximum absolute atomic E-state index is 6.11.